The summed E-state index contributed by atoms with van der Waals surface area (Å²) in [6.45, 7) is 5.19. The number of carbonyl (C=O) groups is 1. The molecule has 0 aromatic heterocycles. The summed E-state index contributed by atoms with van der Waals surface area (Å²) in [6.07, 6.45) is 7.62. The van der Waals surface area contributed by atoms with E-state index in [0.717, 1.165) is 13.1 Å². The Bertz CT molecular complexity index is 680. The molecule has 3 fully saturated rings. The van der Waals surface area contributed by atoms with E-state index in [1.165, 1.54) is 51.1 Å². The SMILES string of the molecule is CCC[C@H]1[C@H]2C[C@H](CN(C(=O)c3ccc(Cl)c(O)c3)C2)[C@@H]2CCCCN21. The molecule has 3 aliphatic rings. The largest absolute Gasteiger partial charge is 0.506 e. The Balaban J connectivity index is 1.57. The van der Waals surface area contributed by atoms with Crippen LogP contribution in [0.3, 0.4) is 0 Å². The smallest absolute Gasteiger partial charge is 0.254 e. The van der Waals surface area contributed by atoms with Crippen molar-refractivity contribution in [2.24, 2.45) is 11.8 Å². The minimum absolute atomic E-state index is 0.0166. The molecule has 1 N–H and O–H groups in total. The second-order valence-corrected chi connectivity index (χ2v) is 8.70. The standard InChI is InChI=1S/C21H29ClN2O2/c1-2-5-18-15-10-16(19-6-3-4-9-24(18)19)13-23(12-15)21(26)14-7-8-17(22)20(25)11-14/h7-8,11,15-16,18-19,25H,2-6,9-10,12-13H2,1H3/t15-,16+,18-,19-/m0/s1. The maximum Gasteiger partial charge on any atom is 0.254 e. The van der Waals surface area contributed by atoms with Gasteiger partial charge in [0.1, 0.15) is 5.75 Å². The van der Waals surface area contributed by atoms with Gasteiger partial charge in [0.2, 0.25) is 0 Å². The molecule has 26 heavy (non-hydrogen) atoms. The molecule has 5 heteroatoms. The maximum atomic E-state index is 13.1. The summed E-state index contributed by atoms with van der Waals surface area (Å²) in [4.78, 5) is 17.9. The van der Waals surface area contributed by atoms with E-state index in [2.05, 4.69) is 11.8 Å². The van der Waals surface area contributed by atoms with E-state index in [-0.39, 0.29) is 16.7 Å². The molecule has 2 bridgehead atoms. The van der Waals surface area contributed by atoms with Crippen molar-refractivity contribution in [3.63, 3.8) is 0 Å². The molecule has 1 aromatic carbocycles. The topological polar surface area (TPSA) is 43.8 Å². The zero-order valence-electron chi connectivity index (χ0n) is 15.5. The predicted octanol–water partition coefficient (Wildman–Crippen LogP) is 4.16. The number of likely N-dealkylation sites (tertiary alicyclic amines) is 1. The predicted molar refractivity (Wildman–Crippen MR) is 104 cm³/mol. The third-order valence-electron chi connectivity index (χ3n) is 6.69. The van der Waals surface area contributed by atoms with Gasteiger partial charge in [-0.2, -0.15) is 0 Å². The van der Waals surface area contributed by atoms with Gasteiger partial charge in [0.15, 0.2) is 0 Å². The number of halogens is 1. The zero-order valence-corrected chi connectivity index (χ0v) is 16.3. The van der Waals surface area contributed by atoms with E-state index in [4.69, 9.17) is 11.6 Å². The summed E-state index contributed by atoms with van der Waals surface area (Å²) in [5.74, 6) is 1.18. The molecule has 4 atom stereocenters. The second kappa shape index (κ2) is 7.40. The number of nitrogens with zero attached hydrogens (tertiary/aromatic N) is 2. The first kappa shape index (κ1) is 18.1. The summed E-state index contributed by atoms with van der Waals surface area (Å²) in [5, 5.41) is 10.2. The first-order valence-corrected chi connectivity index (χ1v) is 10.5. The molecule has 4 rings (SSSR count). The molecule has 0 saturated carbocycles. The summed E-state index contributed by atoms with van der Waals surface area (Å²) in [6, 6.07) is 6.11. The van der Waals surface area contributed by atoms with Gasteiger partial charge < -0.3 is 10.0 Å². The number of piperidine rings is 3. The van der Waals surface area contributed by atoms with E-state index in [9.17, 15) is 9.90 Å². The van der Waals surface area contributed by atoms with Gasteiger partial charge in [-0.15, -0.1) is 0 Å². The lowest BCUT2D eigenvalue weighted by Gasteiger charge is -2.57. The average molecular weight is 377 g/mol. The Morgan fingerprint density at radius 3 is 2.85 bits per heavy atom. The Morgan fingerprint density at radius 1 is 1.27 bits per heavy atom. The van der Waals surface area contributed by atoms with Crippen LogP contribution in [0.4, 0.5) is 0 Å². The van der Waals surface area contributed by atoms with Gasteiger partial charge in [-0.3, -0.25) is 9.69 Å². The Hall–Kier alpha value is -1.26. The van der Waals surface area contributed by atoms with E-state index in [0.29, 0.717) is 29.5 Å². The van der Waals surface area contributed by atoms with Crippen molar-refractivity contribution < 1.29 is 9.90 Å². The van der Waals surface area contributed by atoms with Crippen molar-refractivity contribution in [2.45, 2.75) is 57.5 Å². The van der Waals surface area contributed by atoms with Crippen LogP contribution in [-0.4, -0.2) is 52.5 Å². The minimum atomic E-state index is -0.0166. The molecule has 0 radical (unpaired) electrons. The van der Waals surface area contributed by atoms with E-state index in [1.54, 1.807) is 12.1 Å². The monoisotopic (exact) mass is 376 g/mol. The molecule has 3 saturated heterocycles. The molecule has 0 aliphatic carbocycles. The van der Waals surface area contributed by atoms with Crippen LogP contribution in [0.2, 0.25) is 5.02 Å². The van der Waals surface area contributed by atoms with E-state index < -0.39 is 0 Å². The Kier molecular flexibility index (Phi) is 5.15. The summed E-state index contributed by atoms with van der Waals surface area (Å²) < 4.78 is 0. The van der Waals surface area contributed by atoms with Gasteiger partial charge in [0.25, 0.3) is 5.91 Å². The van der Waals surface area contributed by atoms with Crippen LogP contribution in [0.15, 0.2) is 18.2 Å². The van der Waals surface area contributed by atoms with Crippen LogP contribution >= 0.6 is 11.6 Å². The van der Waals surface area contributed by atoms with Crippen molar-refractivity contribution in [3.05, 3.63) is 28.8 Å². The van der Waals surface area contributed by atoms with Crippen LogP contribution in [0.25, 0.3) is 0 Å². The normalized spacial score (nSPS) is 31.5. The third kappa shape index (κ3) is 3.22. The van der Waals surface area contributed by atoms with Crippen molar-refractivity contribution in [1.82, 2.24) is 9.80 Å². The summed E-state index contributed by atoms with van der Waals surface area (Å²) >= 11 is 5.90. The first-order chi connectivity index (χ1) is 12.6. The highest BCUT2D eigenvalue weighted by Gasteiger charge is 2.47. The van der Waals surface area contributed by atoms with Crippen molar-refractivity contribution in [1.29, 1.82) is 0 Å². The lowest BCUT2D eigenvalue weighted by atomic mass is 9.71. The molecule has 142 valence electrons. The van der Waals surface area contributed by atoms with Gasteiger partial charge in [0, 0.05) is 30.7 Å². The second-order valence-electron chi connectivity index (χ2n) is 8.29. The summed E-state index contributed by atoms with van der Waals surface area (Å²) in [5.41, 5.74) is 0.541. The van der Waals surface area contributed by atoms with E-state index in [1.807, 2.05) is 4.90 Å². The van der Waals surface area contributed by atoms with Crippen LogP contribution in [0, 0.1) is 11.8 Å². The number of rotatable bonds is 3. The number of hydrogen-bond donors (Lipinski definition) is 1. The fourth-order valence-corrected chi connectivity index (χ4v) is 5.71. The van der Waals surface area contributed by atoms with Gasteiger partial charge in [-0.25, -0.2) is 0 Å². The third-order valence-corrected chi connectivity index (χ3v) is 7.01. The van der Waals surface area contributed by atoms with Crippen LogP contribution in [0.1, 0.15) is 55.8 Å². The molecule has 0 spiro atoms. The highest BCUT2D eigenvalue weighted by atomic mass is 35.5. The number of hydrogen-bond acceptors (Lipinski definition) is 3. The van der Waals surface area contributed by atoms with Gasteiger partial charge in [0.05, 0.1) is 5.02 Å². The fourth-order valence-electron chi connectivity index (χ4n) is 5.60. The first-order valence-electron chi connectivity index (χ1n) is 10.1. The highest BCUT2D eigenvalue weighted by Crippen LogP contribution is 2.42. The highest BCUT2D eigenvalue weighted by molar-refractivity contribution is 6.32. The molecule has 0 unspecified atom stereocenters. The molecule has 3 heterocycles. The van der Waals surface area contributed by atoms with Gasteiger partial charge >= 0.3 is 0 Å². The number of benzene rings is 1. The quantitative estimate of drug-likeness (QED) is 0.861. The van der Waals surface area contributed by atoms with Crippen molar-refractivity contribution >= 4 is 17.5 Å². The maximum absolute atomic E-state index is 13.1. The van der Waals surface area contributed by atoms with E-state index >= 15 is 0 Å². The van der Waals surface area contributed by atoms with Gasteiger partial charge in [-0.05, 0) is 62.3 Å². The number of phenolic OH excluding ortho intramolecular Hbond substituents is 1. The number of phenols is 1. The number of amides is 1. The summed E-state index contributed by atoms with van der Waals surface area (Å²) in [7, 11) is 0. The molecule has 4 nitrogen and oxygen atoms in total. The minimum Gasteiger partial charge on any atom is -0.506 e. The molecule has 3 aliphatic heterocycles. The lowest BCUT2D eigenvalue weighted by Crippen LogP contribution is -2.64. The molecule has 1 amide bonds. The Morgan fingerprint density at radius 2 is 2.08 bits per heavy atom. The van der Waals surface area contributed by atoms with Crippen LogP contribution in [-0.2, 0) is 0 Å². The van der Waals surface area contributed by atoms with Crippen LogP contribution < -0.4 is 0 Å². The number of fused-ring (bicyclic) bond motifs is 4. The molecular formula is C21H29ClN2O2. The van der Waals surface area contributed by atoms with Gasteiger partial charge in [-0.1, -0.05) is 31.4 Å². The molecule has 1 aromatic rings. The van der Waals surface area contributed by atoms with Crippen molar-refractivity contribution in [3.8, 4) is 5.75 Å². The average Bonchev–Trinajstić information content (AvgIpc) is 2.66. The zero-order chi connectivity index (χ0) is 18.3. The van der Waals surface area contributed by atoms with Crippen molar-refractivity contribution in [2.75, 3.05) is 19.6 Å². The molecular weight excluding hydrogens is 348 g/mol. The Labute approximate surface area is 161 Å². The van der Waals surface area contributed by atoms with Crippen LogP contribution in [0.5, 0.6) is 5.75 Å². The lowest BCUT2D eigenvalue weighted by molar-refractivity contribution is -0.0670. The number of aromatic hydroxyl groups is 1. The number of carbonyl (C=O) groups excluding carboxylic acids is 1. The fraction of sp³-hybridized carbons (Fsp3) is 0.667.